The van der Waals surface area contributed by atoms with Crippen LogP contribution in [0.3, 0.4) is 0 Å². The van der Waals surface area contributed by atoms with Gasteiger partial charge in [0.25, 0.3) is 0 Å². The van der Waals surface area contributed by atoms with Crippen LogP contribution in [0, 0.1) is 6.92 Å². The topological polar surface area (TPSA) is 46.5 Å². The molecule has 0 unspecified atom stereocenters. The summed E-state index contributed by atoms with van der Waals surface area (Å²) in [6, 6.07) is 5.63. The van der Waals surface area contributed by atoms with Gasteiger partial charge in [0, 0.05) is 4.90 Å². The minimum absolute atomic E-state index is 0.0891. The zero-order chi connectivity index (χ0) is 10.6. The van der Waals surface area contributed by atoms with E-state index < -0.39 is 5.97 Å². The van der Waals surface area contributed by atoms with Crippen LogP contribution in [0.5, 0.6) is 5.75 Å². The first-order valence-electron chi connectivity index (χ1n) is 4.12. The Hall–Kier alpha value is -1.16. The maximum absolute atomic E-state index is 10.3. The van der Waals surface area contributed by atoms with Crippen LogP contribution < -0.4 is 4.74 Å². The number of hydrogen-bond donors (Lipinski definition) is 1. The molecule has 0 heterocycles. The smallest absolute Gasteiger partial charge is 0.313 e. The predicted molar refractivity (Wildman–Crippen MR) is 56.1 cm³/mol. The Morgan fingerprint density at radius 1 is 1.57 bits per heavy atom. The normalized spacial score (nSPS) is 9.86. The van der Waals surface area contributed by atoms with Gasteiger partial charge in [-0.3, -0.25) is 4.79 Å². The molecule has 0 bridgehead atoms. The van der Waals surface area contributed by atoms with E-state index in [0.29, 0.717) is 0 Å². The highest BCUT2D eigenvalue weighted by atomic mass is 32.2. The Labute approximate surface area is 87.1 Å². The quantitative estimate of drug-likeness (QED) is 0.777. The highest BCUT2D eigenvalue weighted by Gasteiger charge is 2.02. The standard InChI is InChI=1S/C10H12O3S/c1-7-5-8(14-6-10(11)12)3-4-9(7)13-2/h3-5H,6H2,1-2H3,(H,11,12). The molecule has 0 aliphatic heterocycles. The number of aryl methyl sites for hydroxylation is 1. The van der Waals surface area contributed by atoms with Crippen LogP contribution in [0.4, 0.5) is 0 Å². The lowest BCUT2D eigenvalue weighted by Gasteiger charge is -2.05. The van der Waals surface area contributed by atoms with Crippen molar-refractivity contribution in [1.29, 1.82) is 0 Å². The minimum atomic E-state index is -0.802. The predicted octanol–water partition coefficient (Wildman–Crippen LogP) is 2.18. The molecule has 76 valence electrons. The second-order valence-electron chi connectivity index (χ2n) is 2.81. The number of carbonyl (C=O) groups is 1. The molecule has 0 aromatic heterocycles. The third-order valence-electron chi connectivity index (χ3n) is 1.73. The highest BCUT2D eigenvalue weighted by Crippen LogP contribution is 2.24. The van der Waals surface area contributed by atoms with Crippen LogP contribution in [-0.4, -0.2) is 23.9 Å². The minimum Gasteiger partial charge on any atom is -0.496 e. The van der Waals surface area contributed by atoms with Gasteiger partial charge in [0.2, 0.25) is 0 Å². The average molecular weight is 212 g/mol. The van der Waals surface area contributed by atoms with Crippen molar-refractivity contribution in [2.45, 2.75) is 11.8 Å². The molecule has 0 aliphatic rings. The first-order valence-corrected chi connectivity index (χ1v) is 5.11. The van der Waals surface area contributed by atoms with Gasteiger partial charge < -0.3 is 9.84 Å². The van der Waals surface area contributed by atoms with Gasteiger partial charge in [-0.25, -0.2) is 0 Å². The van der Waals surface area contributed by atoms with E-state index in [1.807, 2.05) is 25.1 Å². The van der Waals surface area contributed by atoms with E-state index in [0.717, 1.165) is 16.2 Å². The van der Waals surface area contributed by atoms with Gasteiger partial charge in [-0.2, -0.15) is 0 Å². The van der Waals surface area contributed by atoms with Crippen LogP contribution in [0.1, 0.15) is 5.56 Å². The van der Waals surface area contributed by atoms with Gasteiger partial charge in [-0.05, 0) is 30.7 Å². The molecule has 0 aliphatic carbocycles. The maximum atomic E-state index is 10.3. The highest BCUT2D eigenvalue weighted by molar-refractivity contribution is 8.00. The zero-order valence-corrected chi connectivity index (χ0v) is 8.93. The monoisotopic (exact) mass is 212 g/mol. The van der Waals surface area contributed by atoms with Crippen LogP contribution in [0.2, 0.25) is 0 Å². The Kier molecular flexibility index (Phi) is 3.83. The Bertz CT molecular complexity index is 336. The number of carboxylic acid groups (broad SMARTS) is 1. The van der Waals surface area contributed by atoms with Gasteiger partial charge in [0.1, 0.15) is 5.75 Å². The van der Waals surface area contributed by atoms with Crippen molar-refractivity contribution in [1.82, 2.24) is 0 Å². The summed E-state index contributed by atoms with van der Waals surface area (Å²) in [5.74, 6) is 0.110. The molecule has 0 spiro atoms. The molecule has 0 saturated heterocycles. The lowest BCUT2D eigenvalue weighted by molar-refractivity contribution is -0.133. The number of carboxylic acids is 1. The van der Waals surface area contributed by atoms with E-state index in [2.05, 4.69) is 0 Å². The van der Waals surface area contributed by atoms with Crippen molar-refractivity contribution < 1.29 is 14.6 Å². The van der Waals surface area contributed by atoms with Gasteiger partial charge >= 0.3 is 5.97 Å². The van der Waals surface area contributed by atoms with Crippen LogP contribution in [0.25, 0.3) is 0 Å². The fraction of sp³-hybridized carbons (Fsp3) is 0.300. The Morgan fingerprint density at radius 2 is 2.29 bits per heavy atom. The van der Waals surface area contributed by atoms with Crippen LogP contribution in [0.15, 0.2) is 23.1 Å². The van der Waals surface area contributed by atoms with Gasteiger partial charge in [-0.1, -0.05) is 0 Å². The van der Waals surface area contributed by atoms with Gasteiger partial charge in [0.15, 0.2) is 0 Å². The van der Waals surface area contributed by atoms with E-state index in [1.165, 1.54) is 11.8 Å². The van der Waals surface area contributed by atoms with E-state index in [4.69, 9.17) is 9.84 Å². The summed E-state index contributed by atoms with van der Waals surface area (Å²) >= 11 is 1.31. The van der Waals surface area contributed by atoms with Crippen molar-refractivity contribution in [2.24, 2.45) is 0 Å². The zero-order valence-electron chi connectivity index (χ0n) is 8.11. The van der Waals surface area contributed by atoms with Crippen molar-refractivity contribution >= 4 is 17.7 Å². The lowest BCUT2D eigenvalue weighted by atomic mass is 10.2. The van der Waals surface area contributed by atoms with Crippen molar-refractivity contribution in [3.05, 3.63) is 23.8 Å². The Morgan fingerprint density at radius 3 is 2.79 bits per heavy atom. The largest absolute Gasteiger partial charge is 0.496 e. The number of hydrogen-bond acceptors (Lipinski definition) is 3. The molecule has 0 fully saturated rings. The number of methoxy groups -OCH3 is 1. The molecule has 0 radical (unpaired) electrons. The number of aliphatic carboxylic acids is 1. The SMILES string of the molecule is COc1ccc(SCC(=O)O)cc1C. The molecule has 1 aromatic carbocycles. The molecule has 1 rings (SSSR count). The molecule has 3 nitrogen and oxygen atoms in total. The number of benzene rings is 1. The van der Waals surface area contributed by atoms with E-state index >= 15 is 0 Å². The molecule has 1 aromatic rings. The van der Waals surface area contributed by atoms with Crippen molar-refractivity contribution in [2.75, 3.05) is 12.9 Å². The molecule has 0 amide bonds. The van der Waals surface area contributed by atoms with E-state index in [9.17, 15) is 4.79 Å². The maximum Gasteiger partial charge on any atom is 0.313 e. The summed E-state index contributed by atoms with van der Waals surface area (Å²) in [5.41, 5.74) is 1.02. The van der Waals surface area contributed by atoms with E-state index in [-0.39, 0.29) is 5.75 Å². The average Bonchev–Trinajstić information content (AvgIpc) is 2.15. The second-order valence-corrected chi connectivity index (χ2v) is 3.86. The van der Waals surface area contributed by atoms with Crippen molar-refractivity contribution in [3.8, 4) is 5.75 Å². The van der Waals surface area contributed by atoms with Gasteiger partial charge in [-0.15, -0.1) is 11.8 Å². The number of rotatable bonds is 4. The third kappa shape index (κ3) is 2.96. The molecule has 1 N–H and O–H groups in total. The summed E-state index contributed by atoms with van der Waals surface area (Å²) in [4.78, 5) is 11.3. The first-order chi connectivity index (χ1) is 6.63. The summed E-state index contributed by atoms with van der Waals surface area (Å²) in [5, 5.41) is 8.50. The molecular formula is C10H12O3S. The summed E-state index contributed by atoms with van der Waals surface area (Å²) in [6.45, 7) is 1.93. The second kappa shape index (κ2) is 4.91. The third-order valence-corrected chi connectivity index (χ3v) is 2.71. The fourth-order valence-electron chi connectivity index (χ4n) is 1.09. The van der Waals surface area contributed by atoms with Crippen molar-refractivity contribution in [3.63, 3.8) is 0 Å². The number of thioether (sulfide) groups is 1. The number of ether oxygens (including phenoxy) is 1. The molecule has 14 heavy (non-hydrogen) atoms. The Balaban J connectivity index is 2.71. The molecule has 0 saturated carbocycles. The summed E-state index contributed by atoms with van der Waals surface area (Å²) in [6.07, 6.45) is 0. The van der Waals surface area contributed by atoms with E-state index in [1.54, 1.807) is 7.11 Å². The summed E-state index contributed by atoms with van der Waals surface area (Å²) < 4.78 is 5.10. The van der Waals surface area contributed by atoms with Crippen LogP contribution >= 0.6 is 11.8 Å². The van der Waals surface area contributed by atoms with Crippen LogP contribution in [-0.2, 0) is 4.79 Å². The summed E-state index contributed by atoms with van der Waals surface area (Å²) in [7, 11) is 1.62. The molecule has 0 atom stereocenters. The first kappa shape index (κ1) is 10.9. The molecular weight excluding hydrogens is 200 g/mol. The molecule has 4 heteroatoms. The van der Waals surface area contributed by atoms with Gasteiger partial charge in [0.05, 0.1) is 12.9 Å². The fourth-order valence-corrected chi connectivity index (χ4v) is 1.80. The lowest BCUT2D eigenvalue weighted by Crippen LogP contribution is -1.97.